The first kappa shape index (κ1) is 15.1. The Kier molecular flexibility index (Phi) is 5.20. The van der Waals surface area contributed by atoms with Crippen LogP contribution in [0.5, 0.6) is 5.75 Å². The van der Waals surface area contributed by atoms with Gasteiger partial charge in [0.25, 0.3) is 0 Å². The molecule has 20 heavy (non-hydrogen) atoms. The highest BCUT2D eigenvalue weighted by Crippen LogP contribution is 2.25. The number of hydrogen-bond donors (Lipinski definition) is 1. The number of rotatable bonds is 5. The number of amides is 1. The summed E-state index contributed by atoms with van der Waals surface area (Å²) in [4.78, 5) is 13.9. The molecular formula is C14H18ClFN2O2. The Labute approximate surface area is 122 Å². The second-order valence-corrected chi connectivity index (χ2v) is 5.20. The van der Waals surface area contributed by atoms with Gasteiger partial charge in [0.15, 0.2) is 0 Å². The first-order valence-electron chi connectivity index (χ1n) is 6.69. The molecule has 6 heteroatoms. The van der Waals surface area contributed by atoms with Crippen molar-refractivity contribution in [1.29, 1.82) is 0 Å². The number of nitrogens with zero attached hydrogens (tertiary/aromatic N) is 1. The number of halogens is 2. The molecule has 1 fully saturated rings. The highest BCUT2D eigenvalue weighted by Gasteiger charge is 2.27. The summed E-state index contributed by atoms with van der Waals surface area (Å²) in [5.74, 6) is 0.00938. The van der Waals surface area contributed by atoms with Gasteiger partial charge in [-0.15, -0.1) is 0 Å². The van der Waals surface area contributed by atoms with Gasteiger partial charge in [0.2, 0.25) is 5.91 Å². The fourth-order valence-corrected chi connectivity index (χ4v) is 2.62. The van der Waals surface area contributed by atoms with Gasteiger partial charge in [0.05, 0.1) is 18.1 Å². The average molecular weight is 301 g/mol. The molecular weight excluding hydrogens is 283 g/mol. The number of hydrogen-bond acceptors (Lipinski definition) is 3. The molecule has 4 nitrogen and oxygen atoms in total. The van der Waals surface area contributed by atoms with Crippen molar-refractivity contribution in [1.82, 2.24) is 4.90 Å². The van der Waals surface area contributed by atoms with E-state index in [4.69, 9.17) is 22.1 Å². The van der Waals surface area contributed by atoms with E-state index in [0.717, 1.165) is 19.4 Å². The summed E-state index contributed by atoms with van der Waals surface area (Å²) in [7, 11) is 0. The van der Waals surface area contributed by atoms with Crippen LogP contribution in [0.2, 0.25) is 5.02 Å². The van der Waals surface area contributed by atoms with Gasteiger partial charge in [0, 0.05) is 19.1 Å². The molecule has 0 aromatic heterocycles. The molecule has 0 unspecified atom stereocenters. The van der Waals surface area contributed by atoms with Crippen molar-refractivity contribution in [2.24, 2.45) is 5.73 Å². The van der Waals surface area contributed by atoms with Crippen LogP contribution in [0.25, 0.3) is 0 Å². The van der Waals surface area contributed by atoms with E-state index in [2.05, 4.69) is 0 Å². The van der Waals surface area contributed by atoms with E-state index in [1.165, 1.54) is 18.2 Å². The zero-order chi connectivity index (χ0) is 14.5. The van der Waals surface area contributed by atoms with Crippen LogP contribution in [0.3, 0.4) is 0 Å². The molecule has 1 atom stereocenters. The highest BCUT2D eigenvalue weighted by molar-refractivity contribution is 6.32. The van der Waals surface area contributed by atoms with Crippen LogP contribution in [0.15, 0.2) is 18.2 Å². The van der Waals surface area contributed by atoms with Crippen LogP contribution in [-0.4, -0.2) is 36.5 Å². The lowest BCUT2D eigenvalue weighted by Crippen LogP contribution is -2.40. The first-order chi connectivity index (χ1) is 9.61. The number of benzene rings is 1. The van der Waals surface area contributed by atoms with Gasteiger partial charge in [-0.05, 0) is 31.0 Å². The summed E-state index contributed by atoms with van der Waals surface area (Å²) in [6, 6.07) is 4.06. The maximum atomic E-state index is 12.9. The van der Waals surface area contributed by atoms with Crippen molar-refractivity contribution in [3.05, 3.63) is 29.0 Å². The Bertz CT molecular complexity index is 484. The topological polar surface area (TPSA) is 55.6 Å². The van der Waals surface area contributed by atoms with Crippen LogP contribution in [0.4, 0.5) is 4.39 Å². The number of likely N-dealkylation sites (tertiary alicyclic amines) is 1. The fraction of sp³-hybridized carbons (Fsp3) is 0.500. The summed E-state index contributed by atoms with van der Waals surface area (Å²) < 4.78 is 18.3. The number of carbonyl (C=O) groups excluding carboxylic acids is 1. The van der Waals surface area contributed by atoms with Crippen LogP contribution in [0.1, 0.15) is 19.3 Å². The smallest absolute Gasteiger partial charge is 0.226 e. The lowest BCUT2D eigenvalue weighted by Gasteiger charge is -2.23. The van der Waals surface area contributed by atoms with Crippen molar-refractivity contribution in [2.75, 3.05) is 19.7 Å². The number of nitrogens with two attached hydrogens (primary N) is 1. The summed E-state index contributed by atoms with van der Waals surface area (Å²) in [6.07, 6.45) is 2.23. The largest absolute Gasteiger partial charge is 0.491 e. The maximum absolute atomic E-state index is 12.9. The predicted octanol–water partition coefficient (Wildman–Crippen LogP) is 2.20. The van der Waals surface area contributed by atoms with Gasteiger partial charge >= 0.3 is 0 Å². The molecule has 1 aromatic carbocycles. The second-order valence-electron chi connectivity index (χ2n) is 4.79. The molecule has 0 aliphatic carbocycles. The van der Waals surface area contributed by atoms with Gasteiger partial charge in [-0.2, -0.15) is 0 Å². The Morgan fingerprint density at radius 1 is 1.55 bits per heavy atom. The Morgan fingerprint density at radius 3 is 3.05 bits per heavy atom. The van der Waals surface area contributed by atoms with Crippen molar-refractivity contribution >= 4 is 17.5 Å². The van der Waals surface area contributed by atoms with Gasteiger partial charge in [-0.1, -0.05) is 11.6 Å². The number of carbonyl (C=O) groups is 1. The molecule has 1 heterocycles. The first-order valence-corrected chi connectivity index (χ1v) is 7.07. The van der Waals surface area contributed by atoms with E-state index in [-0.39, 0.29) is 30.0 Å². The summed E-state index contributed by atoms with van der Waals surface area (Å²) in [5.41, 5.74) is 5.64. The normalized spacial score (nSPS) is 18.4. The van der Waals surface area contributed by atoms with Gasteiger partial charge in [-0.25, -0.2) is 4.39 Å². The molecule has 110 valence electrons. The number of ether oxygens (including phenoxy) is 1. The van der Waals surface area contributed by atoms with Crippen molar-refractivity contribution in [3.8, 4) is 5.75 Å². The van der Waals surface area contributed by atoms with E-state index in [0.29, 0.717) is 12.3 Å². The monoisotopic (exact) mass is 300 g/mol. The van der Waals surface area contributed by atoms with E-state index in [1.807, 2.05) is 4.90 Å². The molecule has 1 amide bonds. The molecule has 1 aliphatic heterocycles. The lowest BCUT2D eigenvalue weighted by atomic mass is 10.2. The van der Waals surface area contributed by atoms with Crippen molar-refractivity contribution in [3.63, 3.8) is 0 Å². The third kappa shape index (κ3) is 3.61. The van der Waals surface area contributed by atoms with Crippen LogP contribution in [0, 0.1) is 5.82 Å². The van der Waals surface area contributed by atoms with Crippen LogP contribution >= 0.6 is 11.6 Å². The Hall–Kier alpha value is -1.33. The van der Waals surface area contributed by atoms with E-state index >= 15 is 0 Å². The molecule has 0 radical (unpaired) electrons. The van der Waals surface area contributed by atoms with E-state index in [1.54, 1.807) is 0 Å². The minimum atomic E-state index is -0.415. The SMILES string of the molecule is NC[C@@H]1CCCN1C(=O)CCOc1ccc(F)cc1Cl. The Morgan fingerprint density at radius 2 is 2.35 bits per heavy atom. The average Bonchev–Trinajstić information content (AvgIpc) is 2.89. The molecule has 0 saturated carbocycles. The summed E-state index contributed by atoms with van der Waals surface area (Å²) in [5, 5.41) is 0.207. The maximum Gasteiger partial charge on any atom is 0.226 e. The van der Waals surface area contributed by atoms with E-state index in [9.17, 15) is 9.18 Å². The Balaban J connectivity index is 1.82. The molecule has 2 N–H and O–H groups in total. The zero-order valence-electron chi connectivity index (χ0n) is 11.1. The molecule has 2 rings (SSSR count). The minimum absolute atomic E-state index is 0.0381. The van der Waals surface area contributed by atoms with E-state index < -0.39 is 5.82 Å². The van der Waals surface area contributed by atoms with Crippen molar-refractivity contribution in [2.45, 2.75) is 25.3 Å². The van der Waals surface area contributed by atoms with Gasteiger partial charge < -0.3 is 15.4 Å². The third-order valence-corrected chi connectivity index (χ3v) is 3.73. The molecule has 1 aliphatic rings. The highest BCUT2D eigenvalue weighted by atomic mass is 35.5. The minimum Gasteiger partial charge on any atom is -0.491 e. The molecule has 0 spiro atoms. The summed E-state index contributed by atoms with van der Waals surface area (Å²) in [6.45, 7) is 1.48. The van der Waals surface area contributed by atoms with Crippen molar-refractivity contribution < 1.29 is 13.9 Å². The standard InChI is InChI=1S/C14H18ClFN2O2/c15-12-8-10(16)3-4-13(12)20-7-5-14(19)18-6-1-2-11(18)9-17/h3-4,8,11H,1-2,5-7,9,17H2/t11-/m0/s1. The zero-order valence-corrected chi connectivity index (χ0v) is 11.9. The lowest BCUT2D eigenvalue weighted by molar-refractivity contribution is -0.132. The quantitative estimate of drug-likeness (QED) is 0.907. The van der Waals surface area contributed by atoms with Gasteiger partial charge in [0.1, 0.15) is 11.6 Å². The molecule has 1 saturated heterocycles. The predicted molar refractivity (Wildman–Crippen MR) is 75.3 cm³/mol. The summed E-state index contributed by atoms with van der Waals surface area (Å²) >= 11 is 5.84. The molecule has 0 bridgehead atoms. The third-order valence-electron chi connectivity index (χ3n) is 3.44. The fourth-order valence-electron chi connectivity index (χ4n) is 2.39. The second kappa shape index (κ2) is 6.90. The van der Waals surface area contributed by atoms with Gasteiger partial charge in [-0.3, -0.25) is 4.79 Å². The van der Waals surface area contributed by atoms with Crippen LogP contribution < -0.4 is 10.5 Å². The molecule has 1 aromatic rings. The van der Waals surface area contributed by atoms with Crippen LogP contribution in [-0.2, 0) is 4.79 Å².